The van der Waals surface area contributed by atoms with E-state index >= 15 is 0 Å². The normalized spacial score (nSPS) is 13.9. The lowest BCUT2D eigenvalue weighted by Gasteiger charge is -2.43. The van der Waals surface area contributed by atoms with Gasteiger partial charge in [0.15, 0.2) is 0 Å². The molecule has 14 aromatic carbocycles. The van der Waals surface area contributed by atoms with Crippen LogP contribution in [0.3, 0.4) is 0 Å². The Morgan fingerprint density at radius 3 is 1.41 bits per heavy atom. The van der Waals surface area contributed by atoms with Crippen LogP contribution >= 0.6 is 0 Å². The molecule has 2 aliphatic rings. The fourth-order valence-electron chi connectivity index (χ4n) is 17.2. The maximum Gasteiger partial charge on any atom is 0.252 e. The number of nitrogens with zero attached hydrogens (tertiary/aromatic N) is 5. The number of hydrogen-bond donors (Lipinski definition) is 0. The highest BCUT2D eigenvalue weighted by Gasteiger charge is 2.44. The van der Waals surface area contributed by atoms with Crippen molar-refractivity contribution in [1.82, 2.24) is 13.7 Å². The molecular weight excluding hydrogens is 1290 g/mol. The molecule has 3 aromatic heterocycles. The van der Waals surface area contributed by atoms with Crippen molar-refractivity contribution in [2.24, 2.45) is 0 Å². The first-order chi connectivity index (χ1) is 54.5. The van der Waals surface area contributed by atoms with Gasteiger partial charge in [0.05, 0.1) is 60.2 Å². The Kier molecular flexibility index (Phi) is 13.0. The third-order valence-electron chi connectivity index (χ3n) is 22.7. The quantitative estimate of drug-likeness (QED) is 0.156. The first-order valence-corrected chi connectivity index (χ1v) is 37.3. The fourth-order valence-corrected chi connectivity index (χ4v) is 17.2. The van der Waals surface area contributed by atoms with Crippen LogP contribution in [0.5, 0.6) is 0 Å². The predicted octanol–water partition coefficient (Wildman–Crippen LogP) is 25.1. The monoisotopic (exact) mass is 1380 g/mol. The van der Waals surface area contributed by atoms with Crippen LogP contribution in [0, 0.1) is 11.3 Å². The van der Waals surface area contributed by atoms with Gasteiger partial charge in [0.2, 0.25) is 0 Å². The number of para-hydroxylation sites is 2. The molecule has 0 aliphatic carbocycles. The lowest BCUT2D eigenvalue weighted by molar-refractivity contribution is 0.590. The molecule has 0 atom stereocenters. The number of anilines is 3. The van der Waals surface area contributed by atoms with Crippen LogP contribution in [0.25, 0.3) is 137 Å². The zero-order valence-corrected chi connectivity index (χ0v) is 62.5. The van der Waals surface area contributed by atoms with Crippen molar-refractivity contribution in [2.45, 2.75) is 105 Å². The Balaban J connectivity index is 1.09. The lowest BCUT2D eigenvalue weighted by Crippen LogP contribution is -2.60. The summed E-state index contributed by atoms with van der Waals surface area (Å²) in [6, 6.07) is 90.4. The molecule has 5 heterocycles. The molecule has 6 heteroatoms. The van der Waals surface area contributed by atoms with Crippen LogP contribution in [0.2, 0.25) is 0 Å². The van der Waals surface area contributed by atoms with Gasteiger partial charge in [-0.25, -0.2) is 0 Å². The van der Waals surface area contributed by atoms with E-state index in [1.807, 2.05) is 0 Å². The summed E-state index contributed by atoms with van der Waals surface area (Å²) in [5, 5.41) is 19.2. The molecule has 0 N–H and O–H groups in total. The molecule has 0 fully saturated rings. The second-order valence-electron chi connectivity index (χ2n) is 33.5. The third-order valence-corrected chi connectivity index (χ3v) is 22.7. The molecular formula is C101H84BN5. The number of fused-ring (bicyclic) bond motifs is 17. The number of aromatic nitrogens is 3. The minimum absolute atomic E-state index is 0.00608. The molecule has 0 saturated carbocycles. The summed E-state index contributed by atoms with van der Waals surface area (Å²) in [7, 11) is 0. The molecule has 516 valence electrons. The van der Waals surface area contributed by atoms with Gasteiger partial charge in [0.1, 0.15) is 0 Å². The third kappa shape index (κ3) is 10.4. The molecule has 2 aliphatic heterocycles. The van der Waals surface area contributed by atoms with Gasteiger partial charge in [-0.3, -0.25) is 0 Å². The standard InChI is InChI=1S/C101H84BN5/c1-98(2,3)67-42-40-63(41-43-67)66-52-84-76-34-22-20-32-74(76)73-31-19-21-33-75(73)77-35-23-26-38-88(77)106-93-59-72(105-87-37-25-24-36-78(87)81-51-62(61-103)39-48-89(81)105)60-94-95(93)102(86(53-66)97(84)106)85-47-46-71(104-90-49-44-68(99(4,5)6)54-82(90)83-55-69(100(7,8)9)45-50-91(83)104)58-92(85)107(94)96-79(64-27-15-13-16-28-64)56-70(101(10,11)12)57-80(96)65-29-17-14-18-30-65/h13-60H,1-12H3/i24D,25D,36D,37D,39D,48D,51D. The second kappa shape index (κ2) is 23.9. The summed E-state index contributed by atoms with van der Waals surface area (Å²) < 4.78 is 75.6. The zero-order valence-electron chi connectivity index (χ0n) is 69.5. The van der Waals surface area contributed by atoms with Gasteiger partial charge in [-0.05, 0) is 201 Å². The SMILES string of the molecule is [2H]c1c([2H])c([2H])c2c(c1[2H])c1c([2H])c(C#N)c([2H])c([2H])c1n2-c1cc2c3c(c1)-n1c4ccccc4c4ccccc4c4ccccc4c4cc(-c5ccc(C(C)(C)C)cc5)cc(c41)B3c1ccc(-n3c4ccc(C(C)(C)C)cc4c4cc(C(C)(C)C)ccc43)cc1N2c1c(-c2ccccc2)cc(C(C)(C)C)cc1-c1ccccc1. The van der Waals surface area contributed by atoms with Gasteiger partial charge in [-0.15, -0.1) is 0 Å². The fraction of sp³-hybridized carbons (Fsp3) is 0.158. The van der Waals surface area contributed by atoms with E-state index in [2.05, 4.69) is 352 Å². The van der Waals surface area contributed by atoms with Crippen molar-refractivity contribution >= 4 is 127 Å². The van der Waals surface area contributed by atoms with Gasteiger partial charge in [0, 0.05) is 71.7 Å². The molecule has 107 heavy (non-hydrogen) atoms. The molecule has 17 aromatic rings. The first-order valence-electron chi connectivity index (χ1n) is 40.8. The summed E-state index contributed by atoms with van der Waals surface area (Å²) in [5.74, 6) is 0. The van der Waals surface area contributed by atoms with Crippen LogP contribution < -0.4 is 21.3 Å². The summed E-state index contributed by atoms with van der Waals surface area (Å²) >= 11 is 0. The lowest BCUT2D eigenvalue weighted by atomic mass is 9.33. The number of nitriles is 1. The maximum absolute atomic E-state index is 10.9. The second-order valence-corrected chi connectivity index (χ2v) is 33.5. The molecule has 19 rings (SSSR count). The molecule has 0 bridgehead atoms. The van der Waals surface area contributed by atoms with Gasteiger partial charge >= 0.3 is 0 Å². The Bertz CT molecular complexity index is 7050. The van der Waals surface area contributed by atoms with Crippen LogP contribution in [0.4, 0.5) is 17.1 Å². The van der Waals surface area contributed by atoms with Crippen LogP contribution in [-0.4, -0.2) is 20.4 Å². The van der Waals surface area contributed by atoms with Crippen LogP contribution in [-0.2, 0) is 21.7 Å². The Morgan fingerprint density at radius 1 is 0.327 bits per heavy atom. The molecule has 0 spiro atoms. The van der Waals surface area contributed by atoms with E-state index in [1.165, 1.54) is 16.7 Å². The zero-order chi connectivity index (χ0) is 79.4. The van der Waals surface area contributed by atoms with E-state index in [9.17, 15) is 14.9 Å². The van der Waals surface area contributed by atoms with Crippen molar-refractivity contribution in [3.05, 3.63) is 319 Å². The van der Waals surface area contributed by atoms with Crippen LogP contribution in [0.15, 0.2) is 291 Å². The van der Waals surface area contributed by atoms with E-state index in [-0.39, 0.29) is 49.0 Å². The largest absolute Gasteiger partial charge is 0.310 e. The van der Waals surface area contributed by atoms with Crippen molar-refractivity contribution < 1.29 is 9.60 Å². The van der Waals surface area contributed by atoms with Crippen molar-refractivity contribution in [2.75, 3.05) is 4.90 Å². The first kappa shape index (κ1) is 58.1. The summed E-state index contributed by atoms with van der Waals surface area (Å²) in [4.78, 5) is 2.48. The van der Waals surface area contributed by atoms with E-state index < -0.39 is 49.0 Å². The number of benzene rings is 14. The Morgan fingerprint density at radius 2 is 0.822 bits per heavy atom. The Labute approximate surface area is 637 Å². The van der Waals surface area contributed by atoms with Crippen molar-refractivity contribution in [3.8, 4) is 56.5 Å². The highest BCUT2D eigenvalue weighted by atomic mass is 15.2. The maximum atomic E-state index is 10.9. The number of rotatable bonds is 6. The molecule has 0 unspecified atom stereocenters. The highest BCUT2D eigenvalue weighted by molar-refractivity contribution is 7.00. The van der Waals surface area contributed by atoms with E-state index in [0.29, 0.717) is 5.69 Å². The van der Waals surface area contributed by atoms with Gasteiger partial charge in [-0.1, -0.05) is 277 Å². The van der Waals surface area contributed by atoms with E-state index in [4.69, 9.17) is 0 Å². The predicted molar refractivity (Wildman–Crippen MR) is 457 cm³/mol. The summed E-state index contributed by atoms with van der Waals surface area (Å²) in [6.45, 7) is 26.7. The molecule has 0 saturated heterocycles. The van der Waals surface area contributed by atoms with E-state index in [0.717, 1.165) is 149 Å². The average Bonchev–Trinajstić information content (AvgIpc) is 1.11. The minimum Gasteiger partial charge on any atom is -0.310 e. The molecule has 0 amide bonds. The average molecular weight is 1390 g/mol. The van der Waals surface area contributed by atoms with Gasteiger partial charge in [-0.2, -0.15) is 5.26 Å². The van der Waals surface area contributed by atoms with Gasteiger partial charge < -0.3 is 18.6 Å². The van der Waals surface area contributed by atoms with Gasteiger partial charge in [0.25, 0.3) is 6.71 Å². The number of hydrogen-bond acceptors (Lipinski definition) is 2. The molecule has 5 nitrogen and oxygen atoms in total. The van der Waals surface area contributed by atoms with E-state index in [1.54, 1.807) is 4.57 Å². The highest BCUT2D eigenvalue weighted by Crippen LogP contribution is 2.53. The smallest absolute Gasteiger partial charge is 0.252 e. The van der Waals surface area contributed by atoms with Crippen molar-refractivity contribution in [1.29, 1.82) is 5.26 Å². The van der Waals surface area contributed by atoms with Crippen molar-refractivity contribution in [3.63, 3.8) is 0 Å². The summed E-state index contributed by atoms with van der Waals surface area (Å²) in [5.41, 5.74) is 21.1. The topological polar surface area (TPSA) is 41.8 Å². The molecule has 0 radical (unpaired) electrons. The minimum atomic E-state index is -0.568. The van der Waals surface area contributed by atoms with Crippen LogP contribution in [0.1, 0.15) is 120 Å². The Hall–Kier alpha value is -12.2. The summed E-state index contributed by atoms with van der Waals surface area (Å²) in [6.07, 6.45) is 0.